The molecule has 3 atom stereocenters. The van der Waals surface area contributed by atoms with Gasteiger partial charge < -0.3 is 5.73 Å². The lowest BCUT2D eigenvalue weighted by Crippen LogP contribution is -2.21. The van der Waals surface area contributed by atoms with Crippen LogP contribution in [0.5, 0.6) is 0 Å². The van der Waals surface area contributed by atoms with Crippen molar-refractivity contribution in [2.24, 2.45) is 5.92 Å². The minimum Gasteiger partial charge on any atom is -0.382 e. The summed E-state index contributed by atoms with van der Waals surface area (Å²) in [5, 5.41) is 0. The Hall–Kier alpha value is -3.35. The molecule has 35 heavy (non-hydrogen) atoms. The Kier molecular flexibility index (Phi) is 5.61. The maximum Gasteiger partial charge on any atom is 0.416 e. The van der Waals surface area contributed by atoms with Crippen LogP contribution >= 0.6 is 0 Å². The van der Waals surface area contributed by atoms with Crippen LogP contribution in [0.15, 0.2) is 60.9 Å². The Balaban J connectivity index is 1.53. The number of alkyl halides is 3. The Bertz CT molecular complexity index is 1370. The second-order valence-corrected chi connectivity index (χ2v) is 10.2. The third kappa shape index (κ3) is 4.17. The number of nitrogen functional groups attached to an aromatic ring is 1. The van der Waals surface area contributed by atoms with E-state index in [1.165, 1.54) is 18.6 Å². The van der Waals surface area contributed by atoms with Gasteiger partial charge in [0.25, 0.3) is 0 Å². The van der Waals surface area contributed by atoms with Crippen molar-refractivity contribution in [2.75, 3.05) is 5.73 Å². The fourth-order valence-electron chi connectivity index (χ4n) is 5.54. The number of halogens is 3. The van der Waals surface area contributed by atoms with E-state index < -0.39 is 11.7 Å². The lowest BCUT2D eigenvalue weighted by Gasteiger charge is -2.22. The summed E-state index contributed by atoms with van der Waals surface area (Å²) in [5.74, 6) is 1.89. The molecule has 182 valence electrons. The van der Waals surface area contributed by atoms with Crippen molar-refractivity contribution in [1.82, 2.24) is 14.4 Å². The van der Waals surface area contributed by atoms with Crippen LogP contribution in [0, 0.1) is 5.92 Å². The summed E-state index contributed by atoms with van der Waals surface area (Å²) in [6.07, 6.45) is 2.59. The van der Waals surface area contributed by atoms with Crippen molar-refractivity contribution < 1.29 is 13.2 Å². The van der Waals surface area contributed by atoms with Gasteiger partial charge in [-0.05, 0) is 42.4 Å². The molecule has 4 aromatic rings. The van der Waals surface area contributed by atoms with Gasteiger partial charge in [0.05, 0.1) is 5.56 Å². The minimum atomic E-state index is -4.36. The lowest BCUT2D eigenvalue weighted by molar-refractivity contribution is -0.137. The summed E-state index contributed by atoms with van der Waals surface area (Å²) in [4.78, 5) is 9.41. The molecule has 0 spiro atoms. The highest BCUT2D eigenvalue weighted by atomic mass is 19.4. The van der Waals surface area contributed by atoms with Gasteiger partial charge in [0.1, 0.15) is 22.9 Å². The summed E-state index contributed by atoms with van der Waals surface area (Å²) in [6, 6.07) is 13.4. The Labute approximate surface area is 203 Å². The normalized spacial score (nSPS) is 21.5. The van der Waals surface area contributed by atoms with Crippen LogP contribution in [0.25, 0.3) is 16.8 Å². The predicted octanol–water partition coefficient (Wildman–Crippen LogP) is 7.23. The first-order valence-electron chi connectivity index (χ1n) is 12.0. The fourth-order valence-corrected chi connectivity index (χ4v) is 5.54. The van der Waals surface area contributed by atoms with Crippen molar-refractivity contribution in [1.29, 1.82) is 0 Å². The molecule has 4 nitrogen and oxygen atoms in total. The van der Waals surface area contributed by atoms with Crippen molar-refractivity contribution in [3.05, 3.63) is 83.4 Å². The van der Waals surface area contributed by atoms with Gasteiger partial charge in [0.15, 0.2) is 0 Å². The number of imidazole rings is 1. The van der Waals surface area contributed by atoms with E-state index in [4.69, 9.17) is 10.7 Å². The van der Waals surface area contributed by atoms with Crippen LogP contribution in [0.4, 0.5) is 19.0 Å². The maximum atomic E-state index is 13.2. The van der Waals surface area contributed by atoms with E-state index in [-0.39, 0.29) is 11.3 Å². The Morgan fingerprint density at radius 3 is 2.51 bits per heavy atom. The van der Waals surface area contributed by atoms with E-state index >= 15 is 0 Å². The van der Waals surface area contributed by atoms with Gasteiger partial charge >= 0.3 is 6.18 Å². The number of nitrogens with two attached hydrogens (primary N) is 1. The van der Waals surface area contributed by atoms with E-state index in [1.54, 1.807) is 12.3 Å². The highest BCUT2D eigenvalue weighted by molar-refractivity contribution is 5.85. The van der Waals surface area contributed by atoms with Gasteiger partial charge in [0.2, 0.25) is 0 Å². The summed E-state index contributed by atoms with van der Waals surface area (Å²) < 4.78 is 41.6. The molecule has 1 saturated carbocycles. The number of benzene rings is 2. The van der Waals surface area contributed by atoms with Crippen molar-refractivity contribution >= 4 is 11.3 Å². The highest BCUT2D eigenvalue weighted by Gasteiger charge is 2.39. The molecule has 0 bridgehead atoms. The summed E-state index contributed by atoms with van der Waals surface area (Å²) in [7, 11) is 0. The topological polar surface area (TPSA) is 56.2 Å². The van der Waals surface area contributed by atoms with E-state index in [2.05, 4.69) is 23.2 Å². The molecule has 1 fully saturated rings. The molecule has 0 amide bonds. The molecule has 0 aliphatic heterocycles. The number of anilines is 1. The van der Waals surface area contributed by atoms with Gasteiger partial charge in [-0.3, -0.25) is 4.40 Å². The van der Waals surface area contributed by atoms with Crippen molar-refractivity contribution in [3.8, 4) is 11.3 Å². The molecular weight excluding hydrogens is 449 g/mol. The molecular formula is C28H29F3N4. The highest BCUT2D eigenvalue weighted by Crippen LogP contribution is 2.45. The third-order valence-corrected chi connectivity index (χ3v) is 7.51. The van der Waals surface area contributed by atoms with Gasteiger partial charge in [-0.25, -0.2) is 9.97 Å². The summed E-state index contributed by atoms with van der Waals surface area (Å²) in [6.45, 7) is 6.46. The number of rotatable bonds is 4. The molecule has 2 N–H and O–H groups in total. The second kappa shape index (κ2) is 8.40. The Morgan fingerprint density at radius 1 is 1.11 bits per heavy atom. The smallest absolute Gasteiger partial charge is 0.382 e. The largest absolute Gasteiger partial charge is 0.416 e. The third-order valence-electron chi connectivity index (χ3n) is 7.51. The average Bonchev–Trinajstić information content (AvgIpc) is 3.40. The van der Waals surface area contributed by atoms with Crippen LogP contribution in [-0.4, -0.2) is 14.4 Å². The zero-order chi connectivity index (χ0) is 25.0. The first-order chi connectivity index (χ1) is 16.6. The molecule has 7 heteroatoms. The number of hydrogen-bond donors (Lipinski definition) is 1. The van der Waals surface area contributed by atoms with E-state index in [0.29, 0.717) is 17.3 Å². The first kappa shape index (κ1) is 23.4. The van der Waals surface area contributed by atoms with Crippen LogP contribution in [0.2, 0.25) is 0 Å². The average molecular weight is 479 g/mol. The molecule has 2 heterocycles. The zero-order valence-corrected chi connectivity index (χ0v) is 20.1. The molecule has 1 aliphatic rings. The number of aromatic nitrogens is 3. The number of hydrogen-bond acceptors (Lipinski definition) is 3. The number of nitrogens with zero attached hydrogens (tertiary/aromatic N) is 3. The first-order valence-corrected chi connectivity index (χ1v) is 12.0. The molecule has 1 aliphatic carbocycles. The second-order valence-electron chi connectivity index (χ2n) is 10.2. The van der Waals surface area contributed by atoms with Gasteiger partial charge in [0, 0.05) is 29.3 Å². The van der Waals surface area contributed by atoms with Gasteiger partial charge in [-0.2, -0.15) is 13.2 Å². The van der Waals surface area contributed by atoms with Crippen LogP contribution < -0.4 is 5.73 Å². The van der Waals surface area contributed by atoms with Crippen LogP contribution in [0.3, 0.4) is 0 Å². The zero-order valence-electron chi connectivity index (χ0n) is 20.1. The molecule has 2 aromatic carbocycles. The molecule has 0 saturated heterocycles. The van der Waals surface area contributed by atoms with Crippen molar-refractivity contribution in [2.45, 2.75) is 57.5 Å². The van der Waals surface area contributed by atoms with E-state index in [1.807, 2.05) is 37.4 Å². The fraction of sp³-hybridized carbons (Fsp3) is 0.357. The van der Waals surface area contributed by atoms with Crippen LogP contribution in [0.1, 0.15) is 68.5 Å². The Morgan fingerprint density at radius 2 is 1.86 bits per heavy atom. The monoisotopic (exact) mass is 478 g/mol. The maximum absolute atomic E-state index is 13.2. The number of fused-ring (bicyclic) bond motifs is 1. The lowest BCUT2D eigenvalue weighted by atomic mass is 9.87. The SMILES string of the molecule is C[C@H]1CC[C@](C)(c2nc(-c3ccc([C@H](C)c4cccc(C(F)(F)F)c4)cc3)c3c(N)nccn23)C1. The van der Waals surface area contributed by atoms with E-state index in [9.17, 15) is 13.2 Å². The molecule has 0 unspecified atom stereocenters. The molecule has 0 radical (unpaired) electrons. The van der Waals surface area contributed by atoms with E-state index in [0.717, 1.165) is 47.1 Å². The minimum absolute atomic E-state index is 0.0354. The van der Waals surface area contributed by atoms with Crippen LogP contribution in [-0.2, 0) is 11.6 Å². The van der Waals surface area contributed by atoms with Gasteiger partial charge in [-0.15, -0.1) is 0 Å². The summed E-state index contributed by atoms with van der Waals surface area (Å²) >= 11 is 0. The standard InChI is InChI=1S/C28H29F3N4/c1-17-11-12-27(3,16-17)26-34-23(24-25(32)33-13-14-35(24)26)20-9-7-19(8-10-20)18(2)21-5-4-6-22(15-21)28(29,30)31/h4-10,13-15,17-18H,11-12,16H2,1-3H3,(H2,32,33)/t17-,18-,27-/m0/s1. The quantitative estimate of drug-likeness (QED) is 0.337. The molecule has 2 aromatic heterocycles. The van der Waals surface area contributed by atoms with Gasteiger partial charge in [-0.1, -0.05) is 63.2 Å². The van der Waals surface area contributed by atoms with Crippen molar-refractivity contribution in [3.63, 3.8) is 0 Å². The predicted molar refractivity (Wildman–Crippen MR) is 132 cm³/mol. The summed E-state index contributed by atoms with van der Waals surface area (Å²) in [5.41, 5.74) is 9.69. The molecule has 5 rings (SSSR count).